The van der Waals surface area contributed by atoms with Crippen LogP contribution < -0.4 is 5.32 Å². The lowest BCUT2D eigenvalue weighted by atomic mass is 10.0. The molecule has 0 saturated carbocycles. The normalized spacial score (nSPS) is 18.6. The number of para-hydroxylation sites is 1. The van der Waals surface area contributed by atoms with Crippen molar-refractivity contribution in [1.29, 1.82) is 0 Å². The zero-order valence-electron chi connectivity index (χ0n) is 17.1. The van der Waals surface area contributed by atoms with Crippen LogP contribution in [0, 0.1) is 0 Å². The Kier molecular flexibility index (Phi) is 6.80. The van der Waals surface area contributed by atoms with Gasteiger partial charge >= 0.3 is 6.09 Å². The van der Waals surface area contributed by atoms with Crippen LogP contribution in [0.5, 0.6) is 0 Å². The largest absolute Gasteiger partial charge is 0.446 e. The molecule has 0 spiro atoms. The Balaban J connectivity index is 1.25. The molecule has 0 radical (unpaired) electrons. The second kappa shape index (κ2) is 9.90. The molecule has 0 aromatic heterocycles. The Morgan fingerprint density at radius 3 is 2.21 bits per heavy atom. The van der Waals surface area contributed by atoms with Crippen molar-refractivity contribution in [1.82, 2.24) is 9.80 Å². The first kappa shape index (κ1) is 19.9. The van der Waals surface area contributed by atoms with E-state index in [0.717, 1.165) is 49.3 Å². The molecule has 1 amide bonds. The minimum Gasteiger partial charge on any atom is -0.446 e. The van der Waals surface area contributed by atoms with Crippen LogP contribution in [0.25, 0.3) is 11.1 Å². The molecule has 154 valence electrons. The molecule has 0 atom stereocenters. The van der Waals surface area contributed by atoms with Crippen molar-refractivity contribution in [2.75, 3.05) is 44.6 Å². The van der Waals surface area contributed by atoms with E-state index in [0.29, 0.717) is 0 Å². The number of ether oxygens (including phenoxy) is 1. The standard InChI is InChI=1S/C24H31N3O2/c28-24(25-23-11-5-4-10-22(23)20-8-2-1-3-9-20)29-21-12-16-27(17-13-21)19-18-26-14-6-7-15-26/h1-5,8-11,21H,6-7,12-19H2,(H,25,28). The lowest BCUT2D eigenvalue weighted by Gasteiger charge is -2.32. The van der Waals surface area contributed by atoms with E-state index in [1.165, 1.54) is 32.5 Å². The molecule has 0 unspecified atom stereocenters. The van der Waals surface area contributed by atoms with Crippen molar-refractivity contribution in [2.24, 2.45) is 0 Å². The van der Waals surface area contributed by atoms with Crippen LogP contribution >= 0.6 is 0 Å². The van der Waals surface area contributed by atoms with Crippen molar-refractivity contribution in [3.8, 4) is 11.1 Å². The van der Waals surface area contributed by atoms with Gasteiger partial charge in [0.1, 0.15) is 6.10 Å². The maximum Gasteiger partial charge on any atom is 0.411 e. The molecule has 5 heteroatoms. The average molecular weight is 394 g/mol. The SMILES string of the molecule is O=C(Nc1ccccc1-c1ccccc1)OC1CCN(CCN2CCCC2)CC1. The molecule has 29 heavy (non-hydrogen) atoms. The van der Waals surface area contributed by atoms with Crippen LogP contribution in [0.2, 0.25) is 0 Å². The van der Waals surface area contributed by atoms with Crippen molar-refractivity contribution in [2.45, 2.75) is 31.8 Å². The number of nitrogens with one attached hydrogen (secondary N) is 1. The number of piperidine rings is 1. The van der Waals surface area contributed by atoms with Gasteiger partial charge in [-0.1, -0.05) is 48.5 Å². The van der Waals surface area contributed by atoms with Gasteiger partial charge in [0.05, 0.1) is 5.69 Å². The summed E-state index contributed by atoms with van der Waals surface area (Å²) in [5.74, 6) is 0. The zero-order valence-corrected chi connectivity index (χ0v) is 17.1. The number of amides is 1. The van der Waals surface area contributed by atoms with Crippen LogP contribution in [-0.4, -0.2) is 61.3 Å². The highest BCUT2D eigenvalue weighted by Gasteiger charge is 2.23. The Labute approximate surface area is 173 Å². The first-order valence-electron chi connectivity index (χ1n) is 10.8. The van der Waals surface area contributed by atoms with Crippen molar-refractivity contribution >= 4 is 11.8 Å². The number of benzene rings is 2. The van der Waals surface area contributed by atoms with Crippen LogP contribution in [0.1, 0.15) is 25.7 Å². The van der Waals surface area contributed by atoms with Gasteiger partial charge in [0.15, 0.2) is 0 Å². The fraction of sp³-hybridized carbons (Fsp3) is 0.458. The lowest BCUT2D eigenvalue weighted by molar-refractivity contribution is 0.0565. The number of likely N-dealkylation sites (tertiary alicyclic amines) is 2. The molecule has 0 bridgehead atoms. The van der Waals surface area contributed by atoms with Crippen molar-refractivity contribution in [3.63, 3.8) is 0 Å². The molecule has 2 aromatic rings. The van der Waals surface area contributed by atoms with E-state index in [-0.39, 0.29) is 12.2 Å². The van der Waals surface area contributed by atoms with Crippen molar-refractivity contribution in [3.05, 3.63) is 54.6 Å². The number of carbonyl (C=O) groups is 1. The highest BCUT2D eigenvalue weighted by atomic mass is 16.6. The molecule has 2 aliphatic heterocycles. The van der Waals surface area contributed by atoms with E-state index in [1.54, 1.807) is 0 Å². The molecule has 2 aromatic carbocycles. The summed E-state index contributed by atoms with van der Waals surface area (Å²) in [5.41, 5.74) is 2.86. The number of carbonyl (C=O) groups excluding carboxylic acids is 1. The van der Waals surface area contributed by atoms with Gasteiger partial charge in [-0.2, -0.15) is 0 Å². The number of rotatable bonds is 6. The van der Waals surface area contributed by atoms with Crippen LogP contribution in [0.15, 0.2) is 54.6 Å². The van der Waals surface area contributed by atoms with Crippen molar-refractivity contribution < 1.29 is 9.53 Å². The monoisotopic (exact) mass is 393 g/mol. The van der Waals surface area contributed by atoms with Gasteiger partial charge in [0.2, 0.25) is 0 Å². The maximum atomic E-state index is 12.5. The quantitative estimate of drug-likeness (QED) is 0.787. The molecule has 2 fully saturated rings. The molecule has 0 aliphatic carbocycles. The van der Waals surface area contributed by atoms with Gasteiger partial charge in [0, 0.05) is 31.7 Å². The molecule has 1 N–H and O–H groups in total. The number of nitrogens with zero attached hydrogens (tertiary/aromatic N) is 2. The van der Waals surface area contributed by atoms with Crippen LogP contribution in [0.3, 0.4) is 0 Å². The molecule has 5 nitrogen and oxygen atoms in total. The van der Waals surface area contributed by atoms with E-state index >= 15 is 0 Å². The highest BCUT2D eigenvalue weighted by molar-refractivity contribution is 5.91. The predicted octanol–water partition coefficient (Wildman–Crippen LogP) is 4.46. The van der Waals surface area contributed by atoms with Gasteiger partial charge < -0.3 is 14.5 Å². The Morgan fingerprint density at radius 1 is 0.862 bits per heavy atom. The summed E-state index contributed by atoms with van der Waals surface area (Å²) >= 11 is 0. The summed E-state index contributed by atoms with van der Waals surface area (Å²) < 4.78 is 5.73. The summed E-state index contributed by atoms with van der Waals surface area (Å²) in [6.07, 6.45) is 4.16. The topological polar surface area (TPSA) is 44.8 Å². The summed E-state index contributed by atoms with van der Waals surface area (Å²) in [6, 6.07) is 17.9. The van der Waals surface area contributed by atoms with Crippen LogP contribution in [0.4, 0.5) is 10.5 Å². The highest BCUT2D eigenvalue weighted by Crippen LogP contribution is 2.28. The summed E-state index contributed by atoms with van der Waals surface area (Å²) in [6.45, 7) is 6.82. The smallest absolute Gasteiger partial charge is 0.411 e. The Morgan fingerprint density at radius 2 is 1.48 bits per heavy atom. The van der Waals surface area contributed by atoms with E-state index < -0.39 is 0 Å². The average Bonchev–Trinajstić information content (AvgIpc) is 3.28. The molecule has 2 saturated heterocycles. The minimum absolute atomic E-state index is 0.00178. The van der Waals surface area contributed by atoms with E-state index in [4.69, 9.17) is 4.74 Å². The number of anilines is 1. The van der Waals surface area contributed by atoms with Gasteiger partial charge in [-0.05, 0) is 50.4 Å². The first-order valence-corrected chi connectivity index (χ1v) is 10.8. The van der Waals surface area contributed by atoms with Gasteiger partial charge in [-0.15, -0.1) is 0 Å². The molecule has 2 heterocycles. The molecule has 2 aliphatic rings. The summed E-state index contributed by atoms with van der Waals surface area (Å²) in [7, 11) is 0. The fourth-order valence-electron chi connectivity index (χ4n) is 4.29. The minimum atomic E-state index is -0.358. The van der Waals surface area contributed by atoms with E-state index in [1.807, 2.05) is 54.6 Å². The van der Waals surface area contributed by atoms with E-state index in [9.17, 15) is 4.79 Å². The Hall–Kier alpha value is -2.37. The third-order valence-corrected chi connectivity index (χ3v) is 5.99. The second-order valence-corrected chi connectivity index (χ2v) is 8.03. The predicted molar refractivity (Wildman–Crippen MR) is 117 cm³/mol. The van der Waals surface area contributed by atoms with Gasteiger partial charge in [-0.3, -0.25) is 5.32 Å². The second-order valence-electron chi connectivity index (χ2n) is 8.03. The van der Waals surface area contributed by atoms with Crippen LogP contribution in [-0.2, 0) is 4.74 Å². The third-order valence-electron chi connectivity index (χ3n) is 5.99. The molecular weight excluding hydrogens is 362 g/mol. The molecular formula is C24H31N3O2. The number of hydrogen-bond acceptors (Lipinski definition) is 4. The van der Waals surface area contributed by atoms with Gasteiger partial charge in [0.25, 0.3) is 0 Å². The zero-order chi connectivity index (χ0) is 19.9. The third kappa shape index (κ3) is 5.58. The first-order chi connectivity index (χ1) is 14.3. The lowest BCUT2D eigenvalue weighted by Crippen LogP contribution is -2.41. The summed E-state index contributed by atoms with van der Waals surface area (Å²) in [5, 5.41) is 2.95. The maximum absolute atomic E-state index is 12.5. The van der Waals surface area contributed by atoms with Gasteiger partial charge in [-0.25, -0.2) is 4.79 Å². The fourth-order valence-corrected chi connectivity index (χ4v) is 4.29. The summed E-state index contributed by atoms with van der Waals surface area (Å²) in [4.78, 5) is 17.5. The van der Waals surface area contributed by atoms with E-state index in [2.05, 4.69) is 15.1 Å². The molecule has 4 rings (SSSR count). The Bertz CT molecular complexity index is 782. The number of hydrogen-bond donors (Lipinski definition) is 1.